The predicted molar refractivity (Wildman–Crippen MR) is 139 cm³/mol. The molecule has 0 fully saturated rings. The Kier molecular flexibility index (Phi) is 12.3. The maximum atomic E-state index is 13.3. The van der Waals surface area contributed by atoms with Crippen molar-refractivity contribution in [3.8, 4) is 0 Å². The van der Waals surface area contributed by atoms with Crippen LogP contribution in [0.3, 0.4) is 0 Å². The summed E-state index contributed by atoms with van der Waals surface area (Å²) in [5.74, 6) is 0.217. The van der Waals surface area contributed by atoms with Crippen molar-refractivity contribution in [2.24, 2.45) is 0 Å². The summed E-state index contributed by atoms with van der Waals surface area (Å²) in [7, 11) is 0. The molecular formula is C29H42OSn. The van der Waals surface area contributed by atoms with Gasteiger partial charge in [0.1, 0.15) is 0 Å². The molecular weight excluding hydrogens is 483 g/mol. The van der Waals surface area contributed by atoms with Gasteiger partial charge in [-0.2, -0.15) is 0 Å². The summed E-state index contributed by atoms with van der Waals surface area (Å²) in [5.41, 5.74) is 2.23. The van der Waals surface area contributed by atoms with Crippen molar-refractivity contribution in [1.29, 1.82) is 0 Å². The average molecular weight is 525 g/mol. The van der Waals surface area contributed by atoms with Gasteiger partial charge in [0.25, 0.3) is 0 Å². The van der Waals surface area contributed by atoms with E-state index in [0.29, 0.717) is 0 Å². The third-order valence-corrected chi connectivity index (χ3v) is 22.8. The summed E-state index contributed by atoms with van der Waals surface area (Å²) in [6, 6.07) is 20.7. The Labute approximate surface area is 195 Å². The molecule has 0 spiro atoms. The molecule has 168 valence electrons. The molecule has 0 amide bonds. The molecule has 0 aliphatic rings. The van der Waals surface area contributed by atoms with E-state index in [0.717, 1.165) is 18.4 Å². The zero-order valence-electron chi connectivity index (χ0n) is 20.0. The van der Waals surface area contributed by atoms with Crippen molar-refractivity contribution in [2.45, 2.75) is 85.4 Å². The summed E-state index contributed by atoms with van der Waals surface area (Å²) in [6.45, 7) is 6.95. The molecule has 0 heterocycles. The van der Waals surface area contributed by atoms with Crippen LogP contribution in [-0.2, 0) is 6.42 Å². The van der Waals surface area contributed by atoms with E-state index in [4.69, 9.17) is 0 Å². The summed E-state index contributed by atoms with van der Waals surface area (Å²) in [4.78, 5) is 13.3. The van der Waals surface area contributed by atoms with Gasteiger partial charge < -0.3 is 0 Å². The van der Waals surface area contributed by atoms with Crippen LogP contribution in [0, 0.1) is 0 Å². The Morgan fingerprint density at radius 1 is 0.742 bits per heavy atom. The molecule has 0 aliphatic heterocycles. The molecule has 0 aliphatic carbocycles. The molecule has 2 heteroatoms. The van der Waals surface area contributed by atoms with Crippen molar-refractivity contribution in [3.05, 3.63) is 81.5 Å². The molecule has 31 heavy (non-hydrogen) atoms. The fourth-order valence-electron chi connectivity index (χ4n) is 4.66. The maximum absolute atomic E-state index is 13.3. The number of carbonyl (C=O) groups is 1. The molecule has 0 unspecified atom stereocenters. The summed E-state index contributed by atoms with van der Waals surface area (Å²) in [6.07, 6.45) is 12.0. The first-order valence-electron chi connectivity index (χ1n) is 12.5. The first-order chi connectivity index (χ1) is 15.1. The second-order valence-corrected chi connectivity index (χ2v) is 22.4. The van der Waals surface area contributed by atoms with Gasteiger partial charge in [-0.15, -0.1) is 0 Å². The number of rotatable bonds is 15. The molecule has 0 atom stereocenters. The van der Waals surface area contributed by atoms with E-state index in [1.807, 2.05) is 30.3 Å². The fourth-order valence-corrected chi connectivity index (χ4v) is 21.5. The van der Waals surface area contributed by atoms with Gasteiger partial charge in [0.05, 0.1) is 0 Å². The quantitative estimate of drug-likeness (QED) is 0.129. The normalized spacial score (nSPS) is 12.2. The Morgan fingerprint density at radius 2 is 1.23 bits per heavy atom. The van der Waals surface area contributed by atoms with E-state index in [1.165, 1.54) is 57.4 Å². The van der Waals surface area contributed by atoms with Gasteiger partial charge in [-0.1, -0.05) is 0 Å². The first kappa shape index (κ1) is 25.9. The van der Waals surface area contributed by atoms with Crippen LogP contribution >= 0.6 is 0 Å². The van der Waals surface area contributed by atoms with Crippen molar-refractivity contribution < 1.29 is 4.79 Å². The number of carbonyl (C=O) groups excluding carboxylic acids is 1. The van der Waals surface area contributed by atoms with Crippen LogP contribution in [0.15, 0.2) is 70.3 Å². The van der Waals surface area contributed by atoms with Gasteiger partial charge in [-0.25, -0.2) is 0 Å². The number of aryl methyl sites for hydroxylation is 1. The molecule has 2 rings (SSSR count). The number of unbranched alkanes of at least 4 members (excludes halogenated alkanes) is 3. The third-order valence-electron chi connectivity index (χ3n) is 6.60. The Bertz CT molecular complexity index is 757. The minimum absolute atomic E-state index is 0.217. The zero-order valence-corrected chi connectivity index (χ0v) is 22.9. The van der Waals surface area contributed by atoms with Crippen molar-refractivity contribution in [1.82, 2.24) is 0 Å². The van der Waals surface area contributed by atoms with Crippen LogP contribution in [0.5, 0.6) is 0 Å². The van der Waals surface area contributed by atoms with Crippen LogP contribution in [0.2, 0.25) is 13.3 Å². The molecule has 0 bridgehead atoms. The topological polar surface area (TPSA) is 17.1 Å². The van der Waals surface area contributed by atoms with E-state index in [2.05, 4.69) is 57.2 Å². The van der Waals surface area contributed by atoms with E-state index in [1.54, 1.807) is 3.59 Å². The number of hydrogen-bond acceptors (Lipinski definition) is 1. The third kappa shape index (κ3) is 8.60. The van der Waals surface area contributed by atoms with Gasteiger partial charge >= 0.3 is 196 Å². The van der Waals surface area contributed by atoms with Crippen LogP contribution in [0.4, 0.5) is 0 Å². The summed E-state index contributed by atoms with van der Waals surface area (Å²) < 4.78 is 5.83. The summed E-state index contributed by atoms with van der Waals surface area (Å²) >= 11 is -2.64. The Morgan fingerprint density at radius 3 is 1.71 bits per heavy atom. The number of ketones is 1. The van der Waals surface area contributed by atoms with E-state index >= 15 is 0 Å². The van der Waals surface area contributed by atoms with E-state index in [-0.39, 0.29) is 5.78 Å². The second kappa shape index (κ2) is 14.7. The van der Waals surface area contributed by atoms with E-state index < -0.39 is 18.4 Å². The monoisotopic (exact) mass is 526 g/mol. The SMILES string of the molecule is CCC[CH2][Sn]([CH2]CCC)([CH2]CCC)/[C](=C\C(=O)c1ccccc1)CCc1ccccc1. The van der Waals surface area contributed by atoms with Crippen LogP contribution in [0.1, 0.15) is 81.6 Å². The Balaban J connectivity index is 2.43. The number of hydrogen-bond donors (Lipinski definition) is 0. The number of allylic oxidation sites excluding steroid dienone is 2. The molecule has 2 aromatic carbocycles. The summed E-state index contributed by atoms with van der Waals surface area (Å²) in [5, 5.41) is 0. The zero-order chi connectivity index (χ0) is 22.4. The molecule has 1 nitrogen and oxygen atoms in total. The van der Waals surface area contributed by atoms with Crippen molar-refractivity contribution in [3.63, 3.8) is 0 Å². The average Bonchev–Trinajstić information content (AvgIpc) is 2.82. The van der Waals surface area contributed by atoms with Crippen LogP contribution in [-0.4, -0.2) is 24.2 Å². The first-order valence-corrected chi connectivity index (χ1v) is 20.0. The predicted octanol–water partition coefficient (Wildman–Crippen LogP) is 8.82. The number of benzene rings is 2. The van der Waals surface area contributed by atoms with Crippen molar-refractivity contribution >= 4 is 24.2 Å². The van der Waals surface area contributed by atoms with Gasteiger partial charge in [0.2, 0.25) is 0 Å². The van der Waals surface area contributed by atoms with Gasteiger partial charge in [0, 0.05) is 0 Å². The Hall–Kier alpha value is -1.35. The molecule has 0 saturated carbocycles. The van der Waals surface area contributed by atoms with Gasteiger partial charge in [-0.05, 0) is 0 Å². The molecule has 0 aromatic heterocycles. The molecule has 0 saturated heterocycles. The van der Waals surface area contributed by atoms with Crippen molar-refractivity contribution in [2.75, 3.05) is 0 Å². The fraction of sp³-hybridized carbons (Fsp3) is 0.483. The second-order valence-electron chi connectivity index (χ2n) is 8.98. The van der Waals surface area contributed by atoms with E-state index in [9.17, 15) is 4.79 Å². The minimum atomic E-state index is -2.64. The van der Waals surface area contributed by atoms with Gasteiger partial charge in [-0.3, -0.25) is 0 Å². The standard InChI is InChI=1S/C17H15O.3C4H9.Sn/c18-17(16-12-5-2-6-13-16)14-8-7-11-15-9-3-1-4-10-15;3*1-3-4-2;/h1-6,9-10,12-14H,7,11H2;3*1,3-4H2,2H3;. The molecule has 0 radical (unpaired) electrons. The van der Waals surface area contributed by atoms with Crippen LogP contribution < -0.4 is 0 Å². The van der Waals surface area contributed by atoms with Gasteiger partial charge in [0.15, 0.2) is 0 Å². The van der Waals surface area contributed by atoms with Crippen LogP contribution in [0.25, 0.3) is 0 Å². The molecule has 0 N–H and O–H groups in total. The molecule has 2 aromatic rings.